The van der Waals surface area contributed by atoms with E-state index in [0.29, 0.717) is 5.75 Å². The quantitative estimate of drug-likeness (QED) is 0.580. The number of nitrogens with two attached hydrogens (primary N) is 1. The van der Waals surface area contributed by atoms with E-state index in [1.807, 2.05) is 0 Å². The average Bonchev–Trinajstić information content (AvgIpc) is 2.16. The van der Waals surface area contributed by atoms with Gasteiger partial charge in [0.25, 0.3) is 0 Å². The van der Waals surface area contributed by atoms with Crippen LogP contribution in [0.5, 0.6) is 11.5 Å². The molecule has 0 amide bonds. The van der Waals surface area contributed by atoms with Crippen molar-refractivity contribution in [1.29, 1.82) is 0 Å². The molecule has 0 saturated carbocycles. The Balaban J connectivity index is 3.39. The SMILES string of the molecule is COc1ccc(OC)c(S(=O)O)c1N. The summed E-state index contributed by atoms with van der Waals surface area (Å²) < 4.78 is 29.8. The fourth-order valence-corrected chi connectivity index (χ4v) is 1.69. The van der Waals surface area contributed by atoms with Gasteiger partial charge in [0.2, 0.25) is 0 Å². The van der Waals surface area contributed by atoms with Crippen LogP contribution in [0.3, 0.4) is 0 Å². The fourth-order valence-electron chi connectivity index (χ4n) is 1.08. The van der Waals surface area contributed by atoms with Crippen LogP contribution in [-0.2, 0) is 11.1 Å². The standard InChI is InChI=1S/C8H11NO4S/c1-12-5-3-4-6(13-2)8(7(5)9)14(10)11/h3-4H,9H2,1-2H3,(H,10,11). The lowest BCUT2D eigenvalue weighted by atomic mass is 10.3. The van der Waals surface area contributed by atoms with Crippen LogP contribution < -0.4 is 15.2 Å². The van der Waals surface area contributed by atoms with Gasteiger partial charge in [-0.3, -0.25) is 0 Å². The third-order valence-electron chi connectivity index (χ3n) is 1.73. The van der Waals surface area contributed by atoms with Gasteiger partial charge in [0, 0.05) is 0 Å². The van der Waals surface area contributed by atoms with Crippen LogP contribution >= 0.6 is 0 Å². The van der Waals surface area contributed by atoms with Crippen LogP contribution in [0.2, 0.25) is 0 Å². The van der Waals surface area contributed by atoms with Gasteiger partial charge in [0.1, 0.15) is 16.4 Å². The van der Waals surface area contributed by atoms with Crippen LogP contribution in [0.1, 0.15) is 0 Å². The lowest BCUT2D eigenvalue weighted by Crippen LogP contribution is -2.02. The monoisotopic (exact) mass is 217 g/mol. The molecule has 0 saturated heterocycles. The number of hydrogen-bond donors (Lipinski definition) is 2. The minimum absolute atomic E-state index is 0.0341. The molecular formula is C8H11NO4S. The van der Waals surface area contributed by atoms with Gasteiger partial charge in [-0.1, -0.05) is 0 Å². The summed E-state index contributed by atoms with van der Waals surface area (Å²) in [6.45, 7) is 0. The Morgan fingerprint density at radius 2 is 1.79 bits per heavy atom. The van der Waals surface area contributed by atoms with Gasteiger partial charge in [0.05, 0.1) is 19.9 Å². The molecule has 0 aromatic heterocycles. The second-order valence-corrected chi connectivity index (χ2v) is 3.37. The summed E-state index contributed by atoms with van der Waals surface area (Å²) in [7, 11) is 2.83. The van der Waals surface area contributed by atoms with Crippen LogP contribution in [0, 0.1) is 0 Å². The van der Waals surface area contributed by atoms with Gasteiger partial charge in [-0.05, 0) is 12.1 Å². The Bertz CT molecular complexity index is 367. The summed E-state index contributed by atoms with van der Waals surface area (Å²) in [6, 6.07) is 3.10. The minimum atomic E-state index is -2.19. The number of methoxy groups -OCH3 is 2. The van der Waals surface area contributed by atoms with Crippen molar-refractivity contribution >= 4 is 16.8 Å². The first-order valence-electron chi connectivity index (χ1n) is 3.73. The molecule has 0 spiro atoms. The van der Waals surface area contributed by atoms with Crippen LogP contribution in [0.25, 0.3) is 0 Å². The first-order chi connectivity index (χ1) is 6.61. The van der Waals surface area contributed by atoms with E-state index in [1.54, 1.807) is 6.07 Å². The summed E-state index contributed by atoms with van der Waals surface area (Å²) >= 11 is -2.19. The lowest BCUT2D eigenvalue weighted by Gasteiger charge is -2.11. The molecule has 1 rings (SSSR count). The van der Waals surface area contributed by atoms with Gasteiger partial charge in [-0.25, -0.2) is 4.21 Å². The third-order valence-corrected chi connectivity index (χ3v) is 2.50. The normalized spacial score (nSPS) is 12.2. The van der Waals surface area contributed by atoms with Gasteiger partial charge in [0.15, 0.2) is 11.1 Å². The van der Waals surface area contributed by atoms with Gasteiger partial charge < -0.3 is 19.8 Å². The van der Waals surface area contributed by atoms with E-state index in [9.17, 15) is 4.21 Å². The van der Waals surface area contributed by atoms with E-state index in [1.165, 1.54) is 20.3 Å². The number of hydrogen-bond acceptors (Lipinski definition) is 4. The molecule has 6 heteroatoms. The van der Waals surface area contributed by atoms with Crippen molar-refractivity contribution in [1.82, 2.24) is 0 Å². The molecule has 5 nitrogen and oxygen atoms in total. The van der Waals surface area contributed by atoms with Crippen LogP contribution in [0.4, 0.5) is 5.69 Å². The molecule has 1 atom stereocenters. The van der Waals surface area contributed by atoms with Crippen LogP contribution in [-0.4, -0.2) is 23.0 Å². The summed E-state index contributed by atoms with van der Waals surface area (Å²) in [5.74, 6) is 0.618. The topological polar surface area (TPSA) is 81.8 Å². The number of anilines is 1. The molecule has 14 heavy (non-hydrogen) atoms. The van der Waals surface area contributed by atoms with Crippen molar-refractivity contribution in [2.45, 2.75) is 4.90 Å². The summed E-state index contributed by atoms with van der Waals surface area (Å²) in [5, 5.41) is 0. The van der Waals surface area contributed by atoms with Gasteiger partial charge in [-0.2, -0.15) is 0 Å². The second-order valence-electron chi connectivity index (χ2n) is 2.46. The maximum absolute atomic E-state index is 11.0. The highest BCUT2D eigenvalue weighted by Gasteiger charge is 2.16. The molecule has 0 aliphatic heterocycles. The first kappa shape index (κ1) is 10.8. The smallest absolute Gasteiger partial charge is 0.192 e. The molecule has 0 bridgehead atoms. The van der Waals surface area contributed by atoms with Crippen molar-refractivity contribution in [2.75, 3.05) is 20.0 Å². The maximum atomic E-state index is 11.0. The summed E-state index contributed by atoms with van der Waals surface area (Å²) in [5.41, 5.74) is 5.73. The number of ether oxygens (including phenoxy) is 2. The Morgan fingerprint density at radius 3 is 2.21 bits per heavy atom. The zero-order chi connectivity index (χ0) is 10.7. The van der Waals surface area contributed by atoms with Crippen molar-refractivity contribution in [3.63, 3.8) is 0 Å². The summed E-state index contributed by atoms with van der Waals surface area (Å²) in [6.07, 6.45) is 0. The van der Waals surface area contributed by atoms with E-state index in [4.69, 9.17) is 19.8 Å². The Hall–Kier alpha value is -1.27. The number of rotatable bonds is 3. The first-order valence-corrected chi connectivity index (χ1v) is 4.83. The van der Waals surface area contributed by atoms with E-state index < -0.39 is 11.1 Å². The largest absolute Gasteiger partial charge is 0.495 e. The summed E-state index contributed by atoms with van der Waals surface area (Å²) in [4.78, 5) is 0.0341. The van der Waals surface area contributed by atoms with E-state index >= 15 is 0 Å². The van der Waals surface area contributed by atoms with Gasteiger partial charge in [-0.15, -0.1) is 0 Å². The maximum Gasteiger partial charge on any atom is 0.192 e. The predicted octanol–water partition coefficient (Wildman–Crippen LogP) is 0.867. The molecule has 0 aliphatic rings. The molecule has 0 heterocycles. The van der Waals surface area contributed by atoms with Crippen molar-refractivity contribution < 1.29 is 18.2 Å². The minimum Gasteiger partial charge on any atom is -0.495 e. The second kappa shape index (κ2) is 4.30. The molecule has 78 valence electrons. The van der Waals surface area contributed by atoms with Crippen molar-refractivity contribution in [2.24, 2.45) is 0 Å². The Kier molecular flexibility index (Phi) is 3.32. The highest BCUT2D eigenvalue weighted by Crippen LogP contribution is 2.34. The number of nitrogen functional groups attached to an aromatic ring is 1. The van der Waals surface area contributed by atoms with E-state index in [-0.39, 0.29) is 16.3 Å². The average molecular weight is 217 g/mol. The lowest BCUT2D eigenvalue weighted by molar-refractivity contribution is 0.393. The molecule has 1 aromatic carbocycles. The molecule has 0 radical (unpaired) electrons. The van der Waals surface area contributed by atoms with Gasteiger partial charge >= 0.3 is 0 Å². The fraction of sp³-hybridized carbons (Fsp3) is 0.250. The zero-order valence-electron chi connectivity index (χ0n) is 7.81. The molecule has 1 aromatic rings. The molecular weight excluding hydrogens is 206 g/mol. The highest BCUT2D eigenvalue weighted by atomic mass is 32.2. The Morgan fingerprint density at radius 1 is 1.29 bits per heavy atom. The zero-order valence-corrected chi connectivity index (χ0v) is 8.63. The van der Waals surface area contributed by atoms with Crippen LogP contribution in [0.15, 0.2) is 17.0 Å². The highest BCUT2D eigenvalue weighted by molar-refractivity contribution is 7.79. The molecule has 0 aliphatic carbocycles. The third kappa shape index (κ3) is 1.80. The van der Waals surface area contributed by atoms with E-state index in [0.717, 1.165) is 0 Å². The predicted molar refractivity (Wildman–Crippen MR) is 53.0 cm³/mol. The Labute approximate surface area is 84.1 Å². The van der Waals surface area contributed by atoms with E-state index in [2.05, 4.69) is 0 Å². The number of benzene rings is 1. The van der Waals surface area contributed by atoms with Crippen molar-refractivity contribution in [3.05, 3.63) is 12.1 Å². The van der Waals surface area contributed by atoms with Crippen molar-refractivity contribution in [3.8, 4) is 11.5 Å². The molecule has 1 unspecified atom stereocenters. The molecule has 0 fully saturated rings. The molecule has 3 N–H and O–H groups in total.